The molecule has 4 N–H and O–H groups in total. The van der Waals surface area contributed by atoms with Crippen LogP contribution in [-0.4, -0.2) is 53.5 Å². The van der Waals surface area contributed by atoms with Gasteiger partial charge in [0.05, 0.1) is 18.0 Å². The summed E-state index contributed by atoms with van der Waals surface area (Å²) in [7, 11) is 0. The van der Waals surface area contributed by atoms with Gasteiger partial charge in [0.25, 0.3) is 5.91 Å². The quantitative estimate of drug-likeness (QED) is 0.585. The Morgan fingerprint density at radius 3 is 2.55 bits per heavy atom. The number of carbonyl (C=O) groups excluding carboxylic acids is 3. The smallest absolute Gasteiger partial charge is 0.326 e. The Kier molecular flexibility index (Phi) is 7.58. The van der Waals surface area contributed by atoms with E-state index >= 15 is 0 Å². The van der Waals surface area contributed by atoms with Crippen LogP contribution in [0.3, 0.4) is 0 Å². The van der Waals surface area contributed by atoms with Crippen molar-refractivity contribution in [2.24, 2.45) is 5.92 Å². The minimum absolute atomic E-state index is 0.0968. The number of carboxylic acid groups (broad SMARTS) is 1. The largest absolute Gasteiger partial charge is 0.491 e. The topological polar surface area (TPSA) is 134 Å². The zero-order valence-electron chi connectivity index (χ0n) is 16.7. The van der Waals surface area contributed by atoms with Crippen molar-refractivity contribution in [3.05, 3.63) is 29.8 Å². The van der Waals surface area contributed by atoms with Gasteiger partial charge in [0.2, 0.25) is 11.8 Å². The number of aliphatic carboxylic acids is 1. The van der Waals surface area contributed by atoms with E-state index in [9.17, 15) is 24.3 Å². The van der Waals surface area contributed by atoms with Crippen LogP contribution in [0.1, 0.15) is 44.0 Å². The van der Waals surface area contributed by atoms with Crippen molar-refractivity contribution in [1.29, 1.82) is 0 Å². The number of carboxylic acids is 1. The monoisotopic (exact) mass is 405 g/mol. The maximum atomic E-state index is 12.7. The second-order valence-corrected chi connectivity index (χ2v) is 7.22. The van der Waals surface area contributed by atoms with Gasteiger partial charge in [-0.05, 0) is 25.0 Å². The third-order valence-corrected chi connectivity index (χ3v) is 4.81. The van der Waals surface area contributed by atoms with Crippen LogP contribution in [0.25, 0.3) is 0 Å². The van der Waals surface area contributed by atoms with E-state index in [0.29, 0.717) is 6.42 Å². The summed E-state index contributed by atoms with van der Waals surface area (Å²) in [6.07, 6.45) is 0.135. The van der Waals surface area contributed by atoms with Gasteiger partial charge in [-0.3, -0.25) is 14.4 Å². The summed E-state index contributed by atoms with van der Waals surface area (Å²) in [4.78, 5) is 49.3. The van der Waals surface area contributed by atoms with Crippen LogP contribution in [0.4, 0.5) is 0 Å². The van der Waals surface area contributed by atoms with Gasteiger partial charge in [-0.25, -0.2) is 4.79 Å². The third kappa shape index (κ3) is 5.94. The molecular formula is C20H27N3O6. The Morgan fingerprint density at radius 2 is 1.90 bits per heavy atom. The summed E-state index contributed by atoms with van der Waals surface area (Å²) in [5.41, 5.74) is 0.146. The molecule has 9 nitrogen and oxygen atoms in total. The Hall–Kier alpha value is -3.10. The number of carbonyl (C=O) groups is 4. The van der Waals surface area contributed by atoms with Gasteiger partial charge in [0.15, 0.2) is 0 Å². The average Bonchev–Trinajstić information content (AvgIpc) is 2.68. The van der Waals surface area contributed by atoms with Crippen molar-refractivity contribution in [2.45, 2.75) is 51.7 Å². The molecule has 0 aliphatic carbocycles. The lowest BCUT2D eigenvalue weighted by Crippen LogP contribution is -2.54. The van der Waals surface area contributed by atoms with E-state index in [1.807, 2.05) is 13.8 Å². The van der Waals surface area contributed by atoms with Crippen molar-refractivity contribution >= 4 is 23.7 Å². The number of hydrogen-bond acceptors (Lipinski definition) is 5. The number of rotatable bonds is 3. The van der Waals surface area contributed by atoms with Crippen LogP contribution in [0.5, 0.6) is 5.75 Å². The van der Waals surface area contributed by atoms with E-state index in [4.69, 9.17) is 4.74 Å². The minimum atomic E-state index is -1.45. The Balaban J connectivity index is 2.36. The second-order valence-electron chi connectivity index (χ2n) is 7.22. The number of para-hydroxylation sites is 1. The number of amides is 3. The summed E-state index contributed by atoms with van der Waals surface area (Å²) in [6, 6.07) is 3.73. The maximum absolute atomic E-state index is 12.7. The summed E-state index contributed by atoms with van der Waals surface area (Å²) >= 11 is 0. The molecule has 0 radical (unpaired) electrons. The fraction of sp³-hybridized carbons (Fsp3) is 0.500. The normalized spacial score (nSPS) is 24.7. The first-order valence-corrected chi connectivity index (χ1v) is 9.58. The Labute approximate surface area is 169 Å². The molecule has 1 aromatic carbocycles. The fourth-order valence-corrected chi connectivity index (χ4v) is 2.92. The lowest BCUT2D eigenvalue weighted by atomic mass is 9.97. The van der Waals surface area contributed by atoms with Crippen molar-refractivity contribution in [1.82, 2.24) is 16.0 Å². The van der Waals surface area contributed by atoms with Crippen molar-refractivity contribution in [2.75, 3.05) is 6.61 Å². The van der Waals surface area contributed by atoms with Gasteiger partial charge < -0.3 is 25.8 Å². The lowest BCUT2D eigenvalue weighted by Gasteiger charge is -2.27. The first-order valence-electron chi connectivity index (χ1n) is 9.58. The zero-order chi connectivity index (χ0) is 21.6. The summed E-state index contributed by atoms with van der Waals surface area (Å²) in [5.74, 6) is -2.92. The number of nitrogens with one attached hydrogen (secondary N) is 3. The molecular weight excluding hydrogens is 378 g/mol. The van der Waals surface area contributed by atoms with Crippen LogP contribution in [0.2, 0.25) is 0 Å². The minimum Gasteiger partial charge on any atom is -0.491 e. The van der Waals surface area contributed by atoms with E-state index in [0.717, 1.165) is 0 Å². The van der Waals surface area contributed by atoms with Gasteiger partial charge in [-0.2, -0.15) is 0 Å². The predicted octanol–water partition coefficient (Wildman–Crippen LogP) is 0.688. The van der Waals surface area contributed by atoms with E-state index in [2.05, 4.69) is 16.0 Å². The van der Waals surface area contributed by atoms with Gasteiger partial charge >= 0.3 is 5.97 Å². The molecule has 9 heteroatoms. The molecule has 3 amide bonds. The number of benzene rings is 1. The molecule has 2 rings (SSSR count). The van der Waals surface area contributed by atoms with Crippen LogP contribution in [0, 0.1) is 5.92 Å². The molecule has 1 aliphatic heterocycles. The highest BCUT2D eigenvalue weighted by atomic mass is 16.5. The third-order valence-electron chi connectivity index (χ3n) is 4.81. The highest BCUT2D eigenvalue weighted by Gasteiger charge is 2.31. The SMILES string of the molecule is CC[C@H](C)[C@@H]1NC(=O)C[C@@H](C(=O)O)NC(=O)c2ccccc2OC[C@H](C)NC1=O. The summed E-state index contributed by atoms with van der Waals surface area (Å²) in [5, 5.41) is 17.2. The first-order chi connectivity index (χ1) is 13.7. The van der Waals surface area contributed by atoms with Gasteiger partial charge in [-0.15, -0.1) is 0 Å². The average molecular weight is 405 g/mol. The van der Waals surface area contributed by atoms with Crippen molar-refractivity contribution in [3.63, 3.8) is 0 Å². The van der Waals surface area contributed by atoms with E-state index in [-0.39, 0.29) is 35.8 Å². The van der Waals surface area contributed by atoms with Crippen LogP contribution < -0.4 is 20.7 Å². The second kappa shape index (κ2) is 9.90. The molecule has 1 aromatic rings. The molecule has 0 saturated heterocycles. The Bertz CT molecular complexity index is 781. The molecule has 0 spiro atoms. The molecule has 0 bridgehead atoms. The number of fused-ring (bicyclic) bond motifs is 1. The molecule has 4 atom stereocenters. The van der Waals surface area contributed by atoms with Gasteiger partial charge in [0.1, 0.15) is 24.4 Å². The van der Waals surface area contributed by atoms with Gasteiger partial charge in [0, 0.05) is 0 Å². The fourth-order valence-electron chi connectivity index (χ4n) is 2.92. The molecule has 0 aromatic heterocycles. The van der Waals surface area contributed by atoms with Crippen LogP contribution in [0.15, 0.2) is 24.3 Å². The molecule has 158 valence electrons. The van der Waals surface area contributed by atoms with Crippen LogP contribution in [-0.2, 0) is 14.4 Å². The molecule has 29 heavy (non-hydrogen) atoms. The lowest BCUT2D eigenvalue weighted by molar-refractivity contribution is -0.141. The van der Waals surface area contributed by atoms with Crippen molar-refractivity contribution in [3.8, 4) is 5.75 Å². The number of hydrogen-bond donors (Lipinski definition) is 4. The zero-order valence-corrected chi connectivity index (χ0v) is 16.7. The molecule has 0 fully saturated rings. The molecule has 0 unspecified atom stereocenters. The highest BCUT2D eigenvalue weighted by molar-refractivity contribution is 6.00. The van der Waals surface area contributed by atoms with Gasteiger partial charge in [-0.1, -0.05) is 32.4 Å². The molecule has 1 heterocycles. The summed E-state index contributed by atoms with van der Waals surface area (Å²) in [6.45, 7) is 5.56. The van der Waals surface area contributed by atoms with Crippen molar-refractivity contribution < 1.29 is 29.0 Å². The number of ether oxygens (including phenoxy) is 1. The van der Waals surface area contributed by atoms with E-state index < -0.39 is 36.3 Å². The maximum Gasteiger partial charge on any atom is 0.326 e. The highest BCUT2D eigenvalue weighted by Crippen LogP contribution is 2.19. The predicted molar refractivity (Wildman–Crippen MR) is 104 cm³/mol. The van der Waals surface area contributed by atoms with E-state index in [1.54, 1.807) is 25.1 Å². The first kappa shape index (κ1) is 22.2. The summed E-state index contributed by atoms with van der Waals surface area (Å²) < 4.78 is 5.69. The van der Waals surface area contributed by atoms with E-state index in [1.165, 1.54) is 6.07 Å². The Morgan fingerprint density at radius 1 is 1.21 bits per heavy atom. The molecule has 1 aliphatic rings. The van der Waals surface area contributed by atoms with Crippen LogP contribution >= 0.6 is 0 Å². The standard InChI is InChI=1S/C20H27N3O6/c1-4-11(2)17-19(26)21-12(3)10-29-15-8-6-5-7-13(15)18(25)22-14(20(27)28)9-16(24)23-17/h5-8,11-12,14,17H,4,9-10H2,1-3H3,(H,21,26)(H,22,25)(H,23,24)(H,27,28)/t11-,12-,14-,17-/m0/s1. The molecule has 0 saturated carbocycles.